The Labute approximate surface area is 263 Å². The number of anilines is 1. The van der Waals surface area contributed by atoms with Gasteiger partial charge in [-0.1, -0.05) is 68.4 Å². The third-order valence-corrected chi connectivity index (χ3v) is 7.18. The summed E-state index contributed by atoms with van der Waals surface area (Å²) in [5.41, 5.74) is 6.29. The summed E-state index contributed by atoms with van der Waals surface area (Å²) in [6, 6.07) is 7.06. The minimum atomic E-state index is -0.373. The number of hydrogen-bond donors (Lipinski definition) is 1. The molecule has 0 bridgehead atoms. The maximum absolute atomic E-state index is 11.9. The number of ether oxygens (including phenoxy) is 2. The Morgan fingerprint density at radius 3 is 1.50 bits per heavy atom. The second-order valence-corrected chi connectivity index (χ2v) is 12.4. The molecule has 40 heavy (non-hydrogen) atoms. The molecule has 0 aliphatic heterocycles. The largest absolute Gasteiger partial charge is 0.481 e. The van der Waals surface area contributed by atoms with Crippen LogP contribution >= 0.6 is 43.5 Å². The number of carbonyl (C=O) groups excluding carboxylic acids is 2. The molecule has 2 heterocycles. The molecule has 0 aromatic carbocycles. The third-order valence-electron chi connectivity index (χ3n) is 5.29. The number of ketones is 1. The van der Waals surface area contributed by atoms with E-state index < -0.39 is 0 Å². The van der Waals surface area contributed by atoms with Crippen LogP contribution in [0.2, 0.25) is 0 Å². The van der Waals surface area contributed by atoms with Crippen LogP contribution in [0.4, 0.5) is 5.69 Å². The first kappa shape index (κ1) is 40.4. The van der Waals surface area contributed by atoms with Crippen molar-refractivity contribution in [3.63, 3.8) is 0 Å². The van der Waals surface area contributed by atoms with E-state index in [-0.39, 0.29) is 21.9 Å². The molecule has 11 heteroatoms. The lowest BCUT2D eigenvalue weighted by Gasteiger charge is -2.16. The summed E-state index contributed by atoms with van der Waals surface area (Å²) in [6.45, 7) is 21.2. The minimum Gasteiger partial charge on any atom is -0.481 e. The number of Topliss-reactive ketones (excluding diaryl/α,β-unsaturated/α-hetero) is 1. The normalized spacial score (nSPS) is 10.7. The topological polar surface area (TPSA) is 108 Å². The molecule has 0 atom stereocenters. The van der Waals surface area contributed by atoms with Crippen LogP contribution in [-0.2, 0) is 16.0 Å². The summed E-state index contributed by atoms with van der Waals surface area (Å²) in [5.74, 6) is 1.29. The highest BCUT2D eigenvalue weighted by Gasteiger charge is 2.22. The van der Waals surface area contributed by atoms with Crippen molar-refractivity contribution in [3.8, 4) is 11.8 Å². The second-order valence-electron chi connectivity index (χ2n) is 10.5. The number of nitrogen functional groups attached to an aromatic ring is 1. The zero-order valence-electron chi connectivity index (χ0n) is 25.8. The zero-order valence-corrected chi connectivity index (χ0v) is 29.8. The van der Waals surface area contributed by atoms with Gasteiger partial charge >= 0.3 is 0 Å². The quantitative estimate of drug-likeness (QED) is 0.232. The van der Waals surface area contributed by atoms with Crippen molar-refractivity contribution in [2.24, 2.45) is 10.8 Å². The van der Waals surface area contributed by atoms with E-state index in [0.717, 1.165) is 5.56 Å². The molecule has 0 fully saturated rings. The smallest absolute Gasteiger partial charge is 0.226 e. The number of methoxy groups -OCH3 is 2. The predicted molar refractivity (Wildman–Crippen MR) is 173 cm³/mol. The Bertz CT molecular complexity index is 1030. The van der Waals surface area contributed by atoms with Crippen molar-refractivity contribution in [1.82, 2.24) is 14.9 Å². The number of rotatable bonds is 7. The van der Waals surface area contributed by atoms with Crippen molar-refractivity contribution in [2.75, 3.05) is 39.6 Å². The van der Waals surface area contributed by atoms with Gasteiger partial charge < -0.3 is 20.1 Å². The van der Waals surface area contributed by atoms with Crippen LogP contribution in [0.3, 0.4) is 0 Å². The van der Waals surface area contributed by atoms with Gasteiger partial charge in [-0.3, -0.25) is 9.59 Å². The Balaban J connectivity index is 0. The van der Waals surface area contributed by atoms with Crippen LogP contribution < -0.4 is 15.2 Å². The van der Waals surface area contributed by atoms with Gasteiger partial charge in [-0.2, -0.15) is 0 Å². The van der Waals surface area contributed by atoms with Crippen LogP contribution in [0.5, 0.6) is 11.8 Å². The summed E-state index contributed by atoms with van der Waals surface area (Å²) in [4.78, 5) is 32.6. The molecule has 0 aliphatic rings. The molecule has 2 aromatic rings. The number of halogens is 3. The van der Waals surface area contributed by atoms with Gasteiger partial charge in [0.15, 0.2) is 0 Å². The van der Waals surface area contributed by atoms with Crippen LogP contribution in [0.1, 0.15) is 67.9 Å². The average molecular weight is 711 g/mol. The molecular weight excluding hydrogens is 664 g/mol. The highest BCUT2D eigenvalue weighted by molar-refractivity contribution is 9.10. The second kappa shape index (κ2) is 20.2. The fraction of sp³-hybridized carbons (Fsp3) is 0.586. The molecule has 0 aliphatic carbocycles. The van der Waals surface area contributed by atoms with Gasteiger partial charge in [-0.05, 0) is 74.7 Å². The molecule has 228 valence electrons. The number of carbonyl (C=O) groups is 2. The maximum Gasteiger partial charge on any atom is 0.226 e. The molecule has 8 nitrogen and oxygen atoms in total. The van der Waals surface area contributed by atoms with E-state index >= 15 is 0 Å². The molecular formula is C29H47Br2ClN4O4. The van der Waals surface area contributed by atoms with Crippen molar-refractivity contribution >= 4 is 60.2 Å². The van der Waals surface area contributed by atoms with E-state index in [1.807, 2.05) is 26.8 Å². The summed E-state index contributed by atoms with van der Waals surface area (Å²) < 4.78 is 11.1. The molecule has 0 radical (unpaired) electrons. The number of pyridine rings is 2. The van der Waals surface area contributed by atoms with E-state index in [2.05, 4.69) is 67.5 Å². The highest BCUT2D eigenvalue weighted by atomic mass is 79.9. The fourth-order valence-electron chi connectivity index (χ4n) is 2.34. The summed E-state index contributed by atoms with van der Waals surface area (Å²) in [6.07, 6.45) is 0.390. The van der Waals surface area contributed by atoms with E-state index in [1.54, 1.807) is 53.2 Å². The Morgan fingerprint density at radius 1 is 0.825 bits per heavy atom. The number of nitrogens with two attached hydrogens (primary N) is 1. The maximum atomic E-state index is 11.9. The molecule has 0 amide bonds. The highest BCUT2D eigenvalue weighted by Crippen LogP contribution is 2.23. The van der Waals surface area contributed by atoms with Gasteiger partial charge in [0, 0.05) is 29.4 Å². The number of nitrogens with zero attached hydrogens (tertiary/aromatic N) is 3. The van der Waals surface area contributed by atoms with E-state index in [9.17, 15) is 9.59 Å². The lowest BCUT2D eigenvalue weighted by Crippen LogP contribution is -2.22. The Kier molecular flexibility index (Phi) is 20.4. The van der Waals surface area contributed by atoms with Crippen molar-refractivity contribution in [2.45, 2.75) is 68.7 Å². The monoisotopic (exact) mass is 708 g/mol. The standard InChI is InChI=1S/C12H16BrNO2.C6H7BrN2O.C6H15N.C5H9ClO/c1-12(2,3)9(15)7-8-5-6-10(16-4)14-11(8)13;1-10-5-3-2-4(8)6(7)9-5;1-4-7(5-2)6-3;1-5(2,3)4(6)7/h5-6H,7H2,1-4H3;2-3H,8H2,1H3;4-6H2,1-3H3;1-3H3. The third kappa shape index (κ3) is 17.8. The van der Waals surface area contributed by atoms with Gasteiger partial charge in [-0.15, -0.1) is 0 Å². The molecule has 2 rings (SSSR count). The van der Waals surface area contributed by atoms with Crippen LogP contribution in [0.15, 0.2) is 33.5 Å². The van der Waals surface area contributed by atoms with Gasteiger partial charge in [0.1, 0.15) is 15.0 Å². The van der Waals surface area contributed by atoms with Gasteiger partial charge in [0.2, 0.25) is 17.0 Å². The molecule has 0 unspecified atom stereocenters. The molecule has 0 saturated carbocycles. The van der Waals surface area contributed by atoms with Crippen LogP contribution in [0.25, 0.3) is 0 Å². The summed E-state index contributed by atoms with van der Waals surface area (Å²) in [5, 5.41) is -0.285. The van der Waals surface area contributed by atoms with E-state index in [0.29, 0.717) is 33.1 Å². The molecule has 2 aromatic heterocycles. The fourth-order valence-corrected chi connectivity index (χ4v) is 3.10. The number of hydrogen-bond acceptors (Lipinski definition) is 8. The summed E-state index contributed by atoms with van der Waals surface area (Å²) >= 11 is 11.6. The van der Waals surface area contributed by atoms with Crippen LogP contribution in [-0.4, -0.2) is 59.7 Å². The van der Waals surface area contributed by atoms with Gasteiger partial charge in [-0.25, -0.2) is 9.97 Å². The van der Waals surface area contributed by atoms with Gasteiger partial charge in [0.25, 0.3) is 0 Å². The Hall–Kier alpha value is -1.75. The summed E-state index contributed by atoms with van der Waals surface area (Å²) in [7, 11) is 3.12. The van der Waals surface area contributed by atoms with Crippen molar-refractivity contribution in [3.05, 3.63) is 39.0 Å². The lowest BCUT2D eigenvalue weighted by molar-refractivity contribution is -0.125. The van der Waals surface area contributed by atoms with Crippen LogP contribution in [0, 0.1) is 10.8 Å². The minimum absolute atomic E-state index is 0.195. The molecule has 2 N–H and O–H groups in total. The van der Waals surface area contributed by atoms with Crippen molar-refractivity contribution < 1.29 is 19.1 Å². The SMILES string of the molecule is CC(C)(C)C(=O)Cl.CCN(CC)CC.COc1ccc(CC(=O)C(C)(C)C)c(Br)n1.COc1ccc(N)c(Br)n1. The zero-order chi connectivity index (χ0) is 31.7. The predicted octanol–water partition coefficient (Wildman–Crippen LogP) is 7.59. The molecule has 0 spiro atoms. The first-order valence-electron chi connectivity index (χ1n) is 13.0. The molecule has 0 saturated heterocycles. The first-order chi connectivity index (χ1) is 18.4. The first-order valence-corrected chi connectivity index (χ1v) is 14.9. The van der Waals surface area contributed by atoms with Gasteiger partial charge in [0.05, 0.1) is 19.9 Å². The van der Waals surface area contributed by atoms with Crippen molar-refractivity contribution in [1.29, 1.82) is 0 Å². The Morgan fingerprint density at radius 2 is 1.23 bits per heavy atom. The lowest BCUT2D eigenvalue weighted by atomic mass is 9.87. The average Bonchev–Trinajstić information content (AvgIpc) is 2.88. The number of aromatic nitrogens is 2. The van der Waals surface area contributed by atoms with E-state index in [1.165, 1.54) is 19.6 Å². The van der Waals surface area contributed by atoms with E-state index in [4.69, 9.17) is 26.8 Å².